The number of morpholine rings is 1. The van der Waals surface area contributed by atoms with Gasteiger partial charge in [0.15, 0.2) is 5.13 Å². The van der Waals surface area contributed by atoms with E-state index in [0.29, 0.717) is 40.4 Å². The Bertz CT molecular complexity index is 1050. The van der Waals surface area contributed by atoms with Gasteiger partial charge in [-0.05, 0) is 42.3 Å². The maximum Gasteiger partial charge on any atom is 0.226 e. The minimum atomic E-state index is -0.0848. The molecule has 0 unspecified atom stereocenters. The number of anilines is 1. The number of rotatable bonds is 8. The van der Waals surface area contributed by atoms with E-state index in [9.17, 15) is 4.79 Å². The minimum Gasteiger partial charge on any atom is -0.492 e. The van der Waals surface area contributed by atoms with E-state index in [1.165, 1.54) is 16.9 Å². The van der Waals surface area contributed by atoms with Gasteiger partial charge in [0.05, 0.1) is 35.1 Å². The Hall–Kier alpha value is -1.90. The van der Waals surface area contributed by atoms with E-state index in [4.69, 9.17) is 32.7 Å². The van der Waals surface area contributed by atoms with E-state index in [-0.39, 0.29) is 5.91 Å². The summed E-state index contributed by atoms with van der Waals surface area (Å²) in [7, 11) is 0. The predicted molar refractivity (Wildman–Crippen MR) is 126 cm³/mol. The average Bonchev–Trinajstić information content (AvgIpc) is 3.14. The van der Waals surface area contributed by atoms with Crippen LogP contribution in [0.1, 0.15) is 18.4 Å². The zero-order valence-electron chi connectivity index (χ0n) is 16.9. The maximum absolute atomic E-state index is 12.3. The Morgan fingerprint density at radius 1 is 1.19 bits per heavy atom. The summed E-state index contributed by atoms with van der Waals surface area (Å²) in [5.41, 5.74) is 2.14. The van der Waals surface area contributed by atoms with Crippen LogP contribution < -0.4 is 10.1 Å². The van der Waals surface area contributed by atoms with Crippen LogP contribution >= 0.6 is 34.5 Å². The third-order valence-corrected chi connectivity index (χ3v) is 6.37. The molecule has 1 N–H and O–H groups in total. The molecule has 0 atom stereocenters. The molecule has 1 aromatic heterocycles. The number of halogens is 2. The van der Waals surface area contributed by atoms with Crippen LogP contribution in [0.25, 0.3) is 10.2 Å². The number of carbonyl (C=O) groups is 1. The molecule has 3 aromatic rings. The lowest BCUT2D eigenvalue weighted by Gasteiger charge is -2.26. The van der Waals surface area contributed by atoms with Crippen molar-refractivity contribution in [3.05, 3.63) is 52.0 Å². The molecule has 2 aromatic carbocycles. The normalized spacial score (nSPS) is 14.6. The summed E-state index contributed by atoms with van der Waals surface area (Å²) in [6.07, 6.45) is 0.906. The van der Waals surface area contributed by atoms with Crippen LogP contribution in [0, 0.1) is 0 Å². The van der Waals surface area contributed by atoms with Crippen molar-refractivity contribution in [3.8, 4) is 5.75 Å². The lowest BCUT2D eigenvalue weighted by Crippen LogP contribution is -2.35. The standard InChI is InChI=1S/C22H23Cl2N3O3S/c23-16-4-6-19(17(24)13-16)30-9-1-2-21(28)26-22-25-18-5-3-15(12-20(18)31-22)14-27-7-10-29-11-8-27/h3-6,12-13H,1-2,7-11,14H2,(H,25,26,28). The van der Waals surface area contributed by atoms with E-state index < -0.39 is 0 Å². The summed E-state index contributed by atoms with van der Waals surface area (Å²) in [6.45, 7) is 4.77. The predicted octanol–water partition coefficient (Wildman–Crippen LogP) is 5.23. The van der Waals surface area contributed by atoms with Crippen LogP contribution in [0.4, 0.5) is 5.13 Å². The van der Waals surface area contributed by atoms with Gasteiger partial charge in [0.1, 0.15) is 5.75 Å². The first-order chi connectivity index (χ1) is 15.1. The Labute approximate surface area is 195 Å². The zero-order chi connectivity index (χ0) is 21.6. The Morgan fingerprint density at radius 3 is 2.84 bits per heavy atom. The first-order valence-corrected chi connectivity index (χ1v) is 11.7. The molecule has 0 aliphatic carbocycles. The molecule has 1 aliphatic rings. The Kier molecular flexibility index (Phi) is 7.63. The summed E-state index contributed by atoms with van der Waals surface area (Å²) < 4.78 is 12.1. The zero-order valence-corrected chi connectivity index (χ0v) is 19.2. The summed E-state index contributed by atoms with van der Waals surface area (Å²) in [6, 6.07) is 11.3. The number of nitrogens with one attached hydrogen (secondary N) is 1. The smallest absolute Gasteiger partial charge is 0.226 e. The molecule has 0 radical (unpaired) electrons. The lowest BCUT2D eigenvalue weighted by molar-refractivity contribution is -0.116. The van der Waals surface area contributed by atoms with Gasteiger partial charge in [-0.15, -0.1) is 0 Å². The van der Waals surface area contributed by atoms with Crippen molar-refractivity contribution >= 4 is 55.8 Å². The van der Waals surface area contributed by atoms with Crippen molar-refractivity contribution in [2.24, 2.45) is 0 Å². The van der Waals surface area contributed by atoms with Crippen molar-refractivity contribution in [1.82, 2.24) is 9.88 Å². The fraction of sp³-hybridized carbons (Fsp3) is 0.364. The highest BCUT2D eigenvalue weighted by atomic mass is 35.5. The van der Waals surface area contributed by atoms with Crippen LogP contribution in [-0.2, 0) is 16.1 Å². The molecule has 0 saturated carbocycles. The number of ether oxygens (including phenoxy) is 2. The van der Waals surface area contributed by atoms with Gasteiger partial charge in [-0.1, -0.05) is 40.6 Å². The molecular weight excluding hydrogens is 457 g/mol. The van der Waals surface area contributed by atoms with Gasteiger partial charge < -0.3 is 14.8 Å². The molecule has 9 heteroatoms. The summed E-state index contributed by atoms with van der Waals surface area (Å²) in [5, 5.41) is 4.52. The second kappa shape index (κ2) is 10.6. The van der Waals surface area contributed by atoms with Crippen LogP contribution in [0.15, 0.2) is 36.4 Å². The highest BCUT2D eigenvalue weighted by molar-refractivity contribution is 7.22. The van der Waals surface area contributed by atoms with Crippen LogP contribution in [0.5, 0.6) is 5.75 Å². The molecule has 6 nitrogen and oxygen atoms in total. The number of fused-ring (bicyclic) bond motifs is 1. The number of benzene rings is 2. The molecule has 164 valence electrons. The van der Waals surface area contributed by atoms with Gasteiger partial charge in [0, 0.05) is 31.1 Å². The Morgan fingerprint density at radius 2 is 2.03 bits per heavy atom. The molecule has 1 saturated heterocycles. The molecule has 4 rings (SSSR count). The number of amides is 1. The van der Waals surface area contributed by atoms with Crippen molar-refractivity contribution in [2.45, 2.75) is 19.4 Å². The SMILES string of the molecule is O=C(CCCOc1ccc(Cl)cc1Cl)Nc1nc2ccc(CN3CCOCC3)cc2s1. The van der Waals surface area contributed by atoms with Gasteiger partial charge in [-0.25, -0.2) is 4.98 Å². The lowest BCUT2D eigenvalue weighted by atomic mass is 10.2. The minimum absolute atomic E-state index is 0.0848. The molecular formula is C22H23Cl2N3O3S. The number of hydrogen-bond acceptors (Lipinski definition) is 6. The first-order valence-electron chi connectivity index (χ1n) is 10.1. The molecule has 31 heavy (non-hydrogen) atoms. The van der Waals surface area contributed by atoms with E-state index in [1.807, 2.05) is 6.07 Å². The fourth-order valence-corrected chi connectivity index (χ4v) is 4.74. The van der Waals surface area contributed by atoms with Crippen molar-refractivity contribution < 1.29 is 14.3 Å². The van der Waals surface area contributed by atoms with E-state index >= 15 is 0 Å². The molecule has 1 fully saturated rings. The van der Waals surface area contributed by atoms with E-state index in [2.05, 4.69) is 27.3 Å². The van der Waals surface area contributed by atoms with Gasteiger partial charge in [-0.2, -0.15) is 0 Å². The van der Waals surface area contributed by atoms with Gasteiger partial charge in [-0.3, -0.25) is 9.69 Å². The maximum atomic E-state index is 12.3. The molecule has 1 aliphatic heterocycles. The van der Waals surface area contributed by atoms with E-state index in [1.54, 1.807) is 18.2 Å². The second-order valence-corrected chi connectivity index (χ2v) is 9.16. The number of hydrogen-bond donors (Lipinski definition) is 1. The number of thiazole rings is 1. The van der Waals surface area contributed by atoms with E-state index in [0.717, 1.165) is 43.1 Å². The van der Waals surface area contributed by atoms with Gasteiger partial charge >= 0.3 is 0 Å². The first kappa shape index (κ1) is 22.3. The van der Waals surface area contributed by atoms with Crippen LogP contribution in [0.3, 0.4) is 0 Å². The van der Waals surface area contributed by atoms with Crippen LogP contribution in [0.2, 0.25) is 10.0 Å². The second-order valence-electron chi connectivity index (χ2n) is 7.28. The summed E-state index contributed by atoms with van der Waals surface area (Å²) in [5.74, 6) is 0.476. The number of aromatic nitrogens is 1. The van der Waals surface area contributed by atoms with Crippen molar-refractivity contribution in [1.29, 1.82) is 0 Å². The summed E-state index contributed by atoms with van der Waals surface area (Å²) >= 11 is 13.4. The third-order valence-electron chi connectivity index (χ3n) is 4.91. The average molecular weight is 480 g/mol. The van der Waals surface area contributed by atoms with Gasteiger partial charge in [0.2, 0.25) is 5.91 Å². The number of nitrogens with zero attached hydrogens (tertiary/aromatic N) is 2. The Balaban J connectivity index is 1.26. The molecule has 0 bridgehead atoms. The van der Waals surface area contributed by atoms with Crippen molar-refractivity contribution in [3.63, 3.8) is 0 Å². The third kappa shape index (κ3) is 6.30. The molecule has 2 heterocycles. The van der Waals surface area contributed by atoms with Gasteiger partial charge in [0.25, 0.3) is 0 Å². The van der Waals surface area contributed by atoms with Crippen molar-refractivity contribution in [2.75, 3.05) is 38.2 Å². The summed E-state index contributed by atoms with van der Waals surface area (Å²) in [4.78, 5) is 19.2. The number of carbonyl (C=O) groups excluding carboxylic acids is 1. The highest BCUT2D eigenvalue weighted by Gasteiger charge is 2.13. The fourth-order valence-electron chi connectivity index (χ4n) is 3.33. The molecule has 0 spiro atoms. The molecule has 1 amide bonds. The quantitative estimate of drug-likeness (QED) is 0.447. The topological polar surface area (TPSA) is 63.7 Å². The van der Waals surface area contributed by atoms with Crippen LogP contribution in [-0.4, -0.2) is 48.7 Å². The monoisotopic (exact) mass is 479 g/mol. The highest BCUT2D eigenvalue weighted by Crippen LogP contribution is 2.29. The largest absolute Gasteiger partial charge is 0.492 e.